The van der Waals surface area contributed by atoms with E-state index < -0.39 is 12.1 Å². The van der Waals surface area contributed by atoms with Crippen molar-refractivity contribution in [3.05, 3.63) is 12.2 Å². The number of hydrogen-bond acceptors (Lipinski definition) is 5. The van der Waals surface area contributed by atoms with Crippen LogP contribution in [0.15, 0.2) is 12.2 Å². The predicted molar refractivity (Wildman–Crippen MR) is 241 cm³/mol. The van der Waals surface area contributed by atoms with Gasteiger partial charge in [-0.2, -0.15) is 0 Å². The molecule has 1 amide bonds. The number of hydrogen-bond donors (Lipinski definition) is 3. The Morgan fingerprint density at radius 2 is 0.821 bits per heavy atom. The van der Waals surface area contributed by atoms with E-state index >= 15 is 0 Å². The maximum Gasteiger partial charge on any atom is 0.305 e. The van der Waals surface area contributed by atoms with Gasteiger partial charge >= 0.3 is 5.97 Å². The molecule has 0 fully saturated rings. The number of esters is 1. The fraction of sp³-hybridized carbons (Fsp3) is 0.920. The summed E-state index contributed by atoms with van der Waals surface area (Å²) in [5.74, 6) is -0.0863. The Labute approximate surface area is 349 Å². The largest absolute Gasteiger partial charge is 0.466 e. The van der Waals surface area contributed by atoms with Gasteiger partial charge in [-0.3, -0.25) is 9.59 Å². The van der Waals surface area contributed by atoms with Gasteiger partial charge in [0.05, 0.1) is 25.4 Å². The number of nitrogens with one attached hydrogen (secondary N) is 1. The summed E-state index contributed by atoms with van der Waals surface area (Å²) in [4.78, 5) is 24.4. The first kappa shape index (κ1) is 54.6. The first-order chi connectivity index (χ1) is 27.5. The second-order valence-corrected chi connectivity index (χ2v) is 17.2. The van der Waals surface area contributed by atoms with Crippen LogP contribution in [0, 0.1) is 0 Å². The molecule has 0 radical (unpaired) electrons. The third kappa shape index (κ3) is 42.2. The molecule has 0 heterocycles. The highest BCUT2D eigenvalue weighted by atomic mass is 16.5. The van der Waals surface area contributed by atoms with E-state index in [9.17, 15) is 19.8 Å². The van der Waals surface area contributed by atoms with Gasteiger partial charge in [-0.25, -0.2) is 0 Å². The molecule has 0 rings (SSSR count). The van der Waals surface area contributed by atoms with Gasteiger partial charge in [0.15, 0.2) is 0 Å². The number of aliphatic hydroxyl groups is 2. The molecular formula is C50H97NO5. The average molecular weight is 792 g/mol. The molecule has 332 valence electrons. The lowest BCUT2D eigenvalue weighted by Gasteiger charge is -2.20. The zero-order valence-corrected chi connectivity index (χ0v) is 37.6. The highest BCUT2D eigenvalue weighted by Gasteiger charge is 2.18. The van der Waals surface area contributed by atoms with Crippen LogP contribution in [-0.4, -0.2) is 47.4 Å². The minimum absolute atomic E-state index is 0.00345. The molecule has 0 bridgehead atoms. The van der Waals surface area contributed by atoms with Crippen molar-refractivity contribution in [2.24, 2.45) is 0 Å². The van der Waals surface area contributed by atoms with Crippen molar-refractivity contribution in [3.8, 4) is 0 Å². The van der Waals surface area contributed by atoms with Gasteiger partial charge in [-0.1, -0.05) is 238 Å². The molecule has 0 saturated heterocycles. The third-order valence-corrected chi connectivity index (χ3v) is 11.6. The van der Waals surface area contributed by atoms with Crippen LogP contribution in [-0.2, 0) is 14.3 Å². The van der Waals surface area contributed by atoms with Crippen molar-refractivity contribution in [3.63, 3.8) is 0 Å². The van der Waals surface area contributed by atoms with E-state index in [4.69, 9.17) is 4.74 Å². The molecule has 6 nitrogen and oxygen atoms in total. The lowest BCUT2D eigenvalue weighted by atomic mass is 10.0. The Hall–Kier alpha value is -1.40. The molecule has 3 N–H and O–H groups in total. The van der Waals surface area contributed by atoms with E-state index in [1.54, 1.807) is 6.08 Å². The van der Waals surface area contributed by atoms with Gasteiger partial charge in [0.1, 0.15) is 0 Å². The number of allylic oxidation sites excluding steroid dienone is 1. The molecule has 2 unspecified atom stereocenters. The fourth-order valence-corrected chi connectivity index (χ4v) is 7.69. The maximum atomic E-state index is 12.4. The van der Waals surface area contributed by atoms with E-state index in [1.165, 1.54) is 186 Å². The van der Waals surface area contributed by atoms with Crippen LogP contribution in [0.25, 0.3) is 0 Å². The second kappa shape index (κ2) is 46.3. The summed E-state index contributed by atoms with van der Waals surface area (Å²) in [6.07, 6.45) is 52.1. The average Bonchev–Trinajstić information content (AvgIpc) is 3.20. The van der Waals surface area contributed by atoms with Crippen LogP contribution < -0.4 is 5.32 Å². The molecule has 0 aromatic carbocycles. The zero-order chi connectivity index (χ0) is 40.8. The van der Waals surface area contributed by atoms with Gasteiger partial charge in [-0.15, -0.1) is 0 Å². The Morgan fingerprint density at radius 3 is 1.21 bits per heavy atom. The van der Waals surface area contributed by atoms with Gasteiger partial charge in [0.25, 0.3) is 0 Å². The summed E-state index contributed by atoms with van der Waals surface area (Å²) in [5.41, 5.74) is 0. The number of carbonyl (C=O) groups excluding carboxylic acids is 2. The predicted octanol–water partition coefficient (Wildman–Crippen LogP) is 14.6. The van der Waals surface area contributed by atoms with Crippen molar-refractivity contribution in [2.75, 3.05) is 13.2 Å². The summed E-state index contributed by atoms with van der Waals surface area (Å²) in [5, 5.41) is 22.9. The highest BCUT2D eigenvalue weighted by molar-refractivity contribution is 5.76. The van der Waals surface area contributed by atoms with Crippen molar-refractivity contribution in [2.45, 2.75) is 283 Å². The third-order valence-electron chi connectivity index (χ3n) is 11.6. The minimum atomic E-state index is -0.849. The summed E-state index contributed by atoms with van der Waals surface area (Å²) >= 11 is 0. The van der Waals surface area contributed by atoms with E-state index in [-0.39, 0.29) is 18.5 Å². The Balaban J connectivity index is 3.41. The van der Waals surface area contributed by atoms with Crippen LogP contribution in [0.1, 0.15) is 271 Å². The van der Waals surface area contributed by atoms with E-state index in [1.807, 2.05) is 6.08 Å². The van der Waals surface area contributed by atoms with Crippen LogP contribution >= 0.6 is 0 Å². The molecule has 2 atom stereocenters. The van der Waals surface area contributed by atoms with E-state index in [0.717, 1.165) is 57.8 Å². The number of unbranched alkanes of at least 4 members (excludes halogenated alkanes) is 35. The molecule has 0 aromatic heterocycles. The standard InChI is InChI=1S/C50H97NO5/c1-3-5-7-9-11-13-14-15-16-17-18-21-24-28-32-36-40-44-50(55)56-45-41-37-33-29-25-22-19-20-23-27-31-35-39-43-49(54)51-47(46-52)48(53)42-38-34-30-26-12-10-8-6-4-2/h38,42,47-48,52-53H,3-37,39-41,43-46H2,1-2H3,(H,51,54)/b42-38+. The van der Waals surface area contributed by atoms with Crippen LogP contribution in [0.4, 0.5) is 0 Å². The van der Waals surface area contributed by atoms with Crippen molar-refractivity contribution >= 4 is 11.9 Å². The smallest absolute Gasteiger partial charge is 0.305 e. The molecule has 0 spiro atoms. The van der Waals surface area contributed by atoms with Crippen LogP contribution in [0.3, 0.4) is 0 Å². The monoisotopic (exact) mass is 792 g/mol. The molecule has 56 heavy (non-hydrogen) atoms. The number of rotatable bonds is 46. The molecule has 0 aliphatic heterocycles. The van der Waals surface area contributed by atoms with Crippen LogP contribution in [0.2, 0.25) is 0 Å². The lowest BCUT2D eigenvalue weighted by molar-refractivity contribution is -0.143. The van der Waals surface area contributed by atoms with Crippen molar-refractivity contribution < 1.29 is 24.5 Å². The molecule has 6 heteroatoms. The van der Waals surface area contributed by atoms with Gasteiger partial charge in [0, 0.05) is 12.8 Å². The topological polar surface area (TPSA) is 95.9 Å². The molecule has 0 aromatic rings. The second-order valence-electron chi connectivity index (χ2n) is 17.2. The number of ether oxygens (including phenoxy) is 1. The molecular weight excluding hydrogens is 695 g/mol. The Kier molecular flexibility index (Phi) is 45.1. The molecule has 0 saturated carbocycles. The van der Waals surface area contributed by atoms with Crippen LogP contribution in [0.5, 0.6) is 0 Å². The summed E-state index contributed by atoms with van der Waals surface area (Å²) in [6, 6.07) is -0.634. The van der Waals surface area contributed by atoms with Gasteiger partial charge in [-0.05, 0) is 32.1 Å². The van der Waals surface area contributed by atoms with Crippen molar-refractivity contribution in [1.82, 2.24) is 5.32 Å². The summed E-state index contributed by atoms with van der Waals surface area (Å²) in [7, 11) is 0. The number of carbonyl (C=O) groups is 2. The summed E-state index contributed by atoms with van der Waals surface area (Å²) in [6.45, 7) is 4.85. The fourth-order valence-electron chi connectivity index (χ4n) is 7.69. The Morgan fingerprint density at radius 1 is 0.482 bits per heavy atom. The first-order valence-corrected chi connectivity index (χ1v) is 25.0. The summed E-state index contributed by atoms with van der Waals surface area (Å²) < 4.78 is 5.47. The SMILES string of the molecule is CCCCCCCCC/C=C/C(O)C(CO)NC(=O)CCCCCCCCCCCCCCCOC(=O)CCCCCCCCCCCCCCCCCCC. The van der Waals surface area contributed by atoms with E-state index in [0.29, 0.717) is 19.4 Å². The quantitative estimate of drug-likeness (QED) is 0.0324. The van der Waals surface area contributed by atoms with E-state index in [2.05, 4.69) is 19.2 Å². The Bertz CT molecular complexity index is 832. The molecule has 0 aliphatic carbocycles. The zero-order valence-electron chi connectivity index (χ0n) is 37.6. The van der Waals surface area contributed by atoms with Gasteiger partial charge < -0.3 is 20.3 Å². The number of aliphatic hydroxyl groups excluding tert-OH is 2. The lowest BCUT2D eigenvalue weighted by Crippen LogP contribution is -2.45. The van der Waals surface area contributed by atoms with Crippen molar-refractivity contribution in [1.29, 1.82) is 0 Å². The molecule has 0 aliphatic rings. The van der Waals surface area contributed by atoms with Gasteiger partial charge in [0.2, 0.25) is 5.91 Å². The normalized spacial score (nSPS) is 12.7. The maximum absolute atomic E-state index is 12.4. The highest BCUT2D eigenvalue weighted by Crippen LogP contribution is 2.16. The minimum Gasteiger partial charge on any atom is -0.466 e. The first-order valence-electron chi connectivity index (χ1n) is 25.0. The number of amides is 1.